The Kier molecular flexibility index (Phi) is 3.38. The number of aryl methyl sites for hydroxylation is 2. The van der Waals surface area contributed by atoms with Crippen molar-refractivity contribution in [3.05, 3.63) is 41.7 Å². The quantitative estimate of drug-likeness (QED) is 0.877. The molecule has 3 heteroatoms. The van der Waals surface area contributed by atoms with Crippen LogP contribution in [0, 0.1) is 0 Å². The fourth-order valence-corrected chi connectivity index (χ4v) is 1.73. The van der Waals surface area contributed by atoms with Crippen LogP contribution in [-0.2, 0) is 12.8 Å². The molecular formula is C14H17N3. The zero-order valence-corrected chi connectivity index (χ0v) is 10.3. The van der Waals surface area contributed by atoms with Gasteiger partial charge in [0.1, 0.15) is 11.6 Å². The zero-order chi connectivity index (χ0) is 12.3. The van der Waals surface area contributed by atoms with Gasteiger partial charge in [0, 0.05) is 18.1 Å². The van der Waals surface area contributed by atoms with Crippen molar-refractivity contribution in [2.45, 2.75) is 26.7 Å². The van der Waals surface area contributed by atoms with Gasteiger partial charge in [0.2, 0.25) is 0 Å². The van der Waals surface area contributed by atoms with E-state index in [9.17, 15) is 0 Å². The van der Waals surface area contributed by atoms with Gasteiger partial charge in [-0.15, -0.1) is 0 Å². The maximum absolute atomic E-state index is 5.78. The molecule has 0 amide bonds. The summed E-state index contributed by atoms with van der Waals surface area (Å²) in [5.41, 5.74) is 9.09. The number of aromatic nitrogens is 2. The van der Waals surface area contributed by atoms with Crippen molar-refractivity contribution in [3.63, 3.8) is 0 Å². The lowest BCUT2D eigenvalue weighted by Crippen LogP contribution is -2.00. The summed E-state index contributed by atoms with van der Waals surface area (Å²) in [6.07, 6.45) is 1.84. The Labute approximate surface area is 102 Å². The Morgan fingerprint density at radius 3 is 2.29 bits per heavy atom. The molecule has 0 unspecified atom stereocenters. The zero-order valence-electron chi connectivity index (χ0n) is 10.3. The van der Waals surface area contributed by atoms with Gasteiger partial charge in [-0.2, -0.15) is 0 Å². The normalized spacial score (nSPS) is 10.5. The van der Waals surface area contributed by atoms with Crippen LogP contribution in [0.2, 0.25) is 0 Å². The molecule has 0 aliphatic carbocycles. The highest BCUT2D eigenvalue weighted by Crippen LogP contribution is 2.19. The smallest absolute Gasteiger partial charge is 0.131 e. The molecule has 0 saturated carbocycles. The second-order valence-corrected chi connectivity index (χ2v) is 4.00. The van der Waals surface area contributed by atoms with Crippen molar-refractivity contribution in [1.82, 2.24) is 9.97 Å². The number of anilines is 1. The molecule has 2 N–H and O–H groups in total. The average molecular weight is 227 g/mol. The number of hydrogen-bond acceptors (Lipinski definition) is 3. The van der Waals surface area contributed by atoms with Crippen LogP contribution in [0.4, 0.5) is 5.82 Å². The number of nitrogens with two attached hydrogens (primary N) is 1. The molecule has 0 aliphatic rings. The molecule has 17 heavy (non-hydrogen) atoms. The third kappa shape index (κ3) is 2.61. The second kappa shape index (κ2) is 4.95. The van der Waals surface area contributed by atoms with E-state index in [1.54, 1.807) is 0 Å². The van der Waals surface area contributed by atoms with E-state index in [0.717, 1.165) is 29.9 Å². The molecule has 3 nitrogen and oxygen atoms in total. The summed E-state index contributed by atoms with van der Waals surface area (Å²) < 4.78 is 0. The largest absolute Gasteiger partial charge is 0.384 e. The van der Waals surface area contributed by atoms with E-state index < -0.39 is 0 Å². The van der Waals surface area contributed by atoms with E-state index in [0.29, 0.717) is 5.82 Å². The van der Waals surface area contributed by atoms with Gasteiger partial charge in [0.15, 0.2) is 0 Å². The van der Waals surface area contributed by atoms with E-state index in [-0.39, 0.29) is 0 Å². The summed E-state index contributed by atoms with van der Waals surface area (Å²) in [5, 5.41) is 0. The van der Waals surface area contributed by atoms with Gasteiger partial charge in [0.25, 0.3) is 0 Å². The third-order valence-electron chi connectivity index (χ3n) is 2.77. The van der Waals surface area contributed by atoms with Crippen molar-refractivity contribution in [2.24, 2.45) is 0 Å². The summed E-state index contributed by atoms with van der Waals surface area (Å²) in [7, 11) is 0. The molecule has 0 fully saturated rings. The molecule has 88 valence electrons. The molecule has 1 aromatic heterocycles. The topological polar surface area (TPSA) is 51.8 Å². The van der Waals surface area contributed by atoms with E-state index >= 15 is 0 Å². The molecule has 0 atom stereocenters. The van der Waals surface area contributed by atoms with Crippen LogP contribution in [0.3, 0.4) is 0 Å². The highest BCUT2D eigenvalue weighted by molar-refractivity contribution is 5.62. The van der Waals surface area contributed by atoms with Crippen molar-refractivity contribution >= 4 is 5.82 Å². The Hall–Kier alpha value is -1.90. The first-order valence-electron chi connectivity index (χ1n) is 5.95. The van der Waals surface area contributed by atoms with Crippen molar-refractivity contribution < 1.29 is 0 Å². The highest BCUT2D eigenvalue weighted by Gasteiger charge is 2.03. The van der Waals surface area contributed by atoms with Gasteiger partial charge in [-0.25, -0.2) is 9.97 Å². The second-order valence-electron chi connectivity index (χ2n) is 4.00. The Morgan fingerprint density at radius 2 is 1.71 bits per heavy atom. The van der Waals surface area contributed by atoms with Gasteiger partial charge in [-0.1, -0.05) is 38.1 Å². The lowest BCUT2D eigenvalue weighted by molar-refractivity contribution is 0.948. The summed E-state index contributed by atoms with van der Waals surface area (Å²) in [6, 6.07) is 10.2. The lowest BCUT2D eigenvalue weighted by atomic mass is 10.1. The fraction of sp³-hybridized carbons (Fsp3) is 0.286. The maximum atomic E-state index is 5.78. The van der Waals surface area contributed by atoms with Gasteiger partial charge < -0.3 is 5.73 Å². The first-order valence-corrected chi connectivity index (χ1v) is 5.95. The van der Waals surface area contributed by atoms with E-state index in [2.05, 4.69) is 41.2 Å². The van der Waals surface area contributed by atoms with Crippen LogP contribution in [0.15, 0.2) is 30.3 Å². The SMILES string of the molecule is CCc1ccc(-c2cc(N)nc(CC)n2)cc1. The van der Waals surface area contributed by atoms with Gasteiger partial charge >= 0.3 is 0 Å². The Morgan fingerprint density at radius 1 is 1.00 bits per heavy atom. The minimum absolute atomic E-state index is 0.534. The minimum atomic E-state index is 0.534. The first-order chi connectivity index (χ1) is 8.22. The molecule has 0 bridgehead atoms. The van der Waals surface area contributed by atoms with Crippen LogP contribution in [0.5, 0.6) is 0 Å². The standard InChI is InChI=1S/C14H17N3/c1-3-10-5-7-11(8-6-10)12-9-13(15)17-14(4-2)16-12/h5-9H,3-4H2,1-2H3,(H2,15,16,17). The molecule has 1 heterocycles. The summed E-state index contributed by atoms with van der Waals surface area (Å²) >= 11 is 0. The minimum Gasteiger partial charge on any atom is -0.384 e. The molecule has 0 spiro atoms. The summed E-state index contributed by atoms with van der Waals surface area (Å²) in [6.45, 7) is 4.17. The van der Waals surface area contributed by atoms with Crippen molar-refractivity contribution in [3.8, 4) is 11.3 Å². The number of rotatable bonds is 3. The van der Waals surface area contributed by atoms with Crippen LogP contribution in [0.1, 0.15) is 25.2 Å². The molecular weight excluding hydrogens is 210 g/mol. The van der Waals surface area contributed by atoms with E-state index in [4.69, 9.17) is 5.73 Å². The van der Waals surface area contributed by atoms with Crippen LogP contribution >= 0.6 is 0 Å². The maximum Gasteiger partial charge on any atom is 0.131 e. The Bertz CT molecular complexity index is 503. The van der Waals surface area contributed by atoms with E-state index in [1.165, 1.54) is 5.56 Å². The first kappa shape index (κ1) is 11.6. The highest BCUT2D eigenvalue weighted by atomic mass is 14.9. The predicted molar refractivity (Wildman–Crippen MR) is 70.6 cm³/mol. The number of nitrogen functional groups attached to an aromatic ring is 1. The molecule has 0 saturated heterocycles. The van der Waals surface area contributed by atoms with Crippen LogP contribution < -0.4 is 5.73 Å². The third-order valence-corrected chi connectivity index (χ3v) is 2.77. The van der Waals surface area contributed by atoms with Crippen LogP contribution in [-0.4, -0.2) is 9.97 Å². The fourth-order valence-electron chi connectivity index (χ4n) is 1.73. The predicted octanol–water partition coefficient (Wildman–Crippen LogP) is 2.85. The molecule has 2 aromatic rings. The number of hydrogen-bond donors (Lipinski definition) is 1. The van der Waals surface area contributed by atoms with E-state index in [1.807, 2.05) is 13.0 Å². The monoisotopic (exact) mass is 227 g/mol. The molecule has 0 aliphatic heterocycles. The van der Waals surface area contributed by atoms with Crippen molar-refractivity contribution in [1.29, 1.82) is 0 Å². The molecule has 2 rings (SSSR count). The van der Waals surface area contributed by atoms with Crippen molar-refractivity contribution in [2.75, 3.05) is 5.73 Å². The Balaban J connectivity index is 2.41. The summed E-state index contributed by atoms with van der Waals surface area (Å²) in [5.74, 6) is 1.32. The van der Waals surface area contributed by atoms with Gasteiger partial charge in [-0.05, 0) is 12.0 Å². The number of benzene rings is 1. The van der Waals surface area contributed by atoms with Gasteiger partial charge in [0.05, 0.1) is 5.69 Å². The molecule has 0 radical (unpaired) electrons. The average Bonchev–Trinajstić information content (AvgIpc) is 2.38. The van der Waals surface area contributed by atoms with Gasteiger partial charge in [-0.3, -0.25) is 0 Å². The lowest BCUT2D eigenvalue weighted by Gasteiger charge is -2.05. The number of nitrogens with zero attached hydrogens (tertiary/aromatic N) is 2. The summed E-state index contributed by atoms with van der Waals surface area (Å²) in [4.78, 5) is 8.66. The van der Waals surface area contributed by atoms with Crippen LogP contribution in [0.25, 0.3) is 11.3 Å². The molecule has 1 aromatic carbocycles.